The van der Waals surface area contributed by atoms with Gasteiger partial charge in [-0.15, -0.1) is 11.8 Å². The first-order valence-corrected chi connectivity index (χ1v) is 7.13. The van der Waals surface area contributed by atoms with E-state index in [4.69, 9.17) is 10.0 Å². The van der Waals surface area contributed by atoms with Crippen LogP contribution in [0.1, 0.15) is 5.56 Å². The average molecular weight is 324 g/mol. The summed E-state index contributed by atoms with van der Waals surface area (Å²) in [4.78, 5) is 4.27. The van der Waals surface area contributed by atoms with Gasteiger partial charge in [-0.1, -0.05) is 24.3 Å². The first-order valence-electron chi connectivity index (χ1n) is 5.35. The van der Waals surface area contributed by atoms with E-state index in [0.29, 0.717) is 5.46 Å². The highest BCUT2D eigenvalue weighted by Gasteiger charge is 2.11. The van der Waals surface area contributed by atoms with Crippen molar-refractivity contribution < 1.29 is 10.0 Å². The zero-order valence-electron chi connectivity index (χ0n) is 9.45. The van der Waals surface area contributed by atoms with Crippen molar-refractivity contribution in [2.24, 2.45) is 0 Å². The molecule has 1 heterocycles. The van der Waals surface area contributed by atoms with E-state index in [1.165, 1.54) is 0 Å². The van der Waals surface area contributed by atoms with Gasteiger partial charge in [-0.3, -0.25) is 0 Å². The summed E-state index contributed by atoms with van der Waals surface area (Å²) >= 11 is 5.04. The zero-order chi connectivity index (χ0) is 13.0. The van der Waals surface area contributed by atoms with Crippen molar-refractivity contribution >= 4 is 40.3 Å². The van der Waals surface area contributed by atoms with E-state index >= 15 is 0 Å². The molecule has 0 saturated heterocycles. The predicted molar refractivity (Wildman–Crippen MR) is 77.8 cm³/mol. The molecule has 0 amide bonds. The molecule has 0 spiro atoms. The smallest absolute Gasteiger partial charge is 0.423 e. The van der Waals surface area contributed by atoms with Gasteiger partial charge in [0.2, 0.25) is 0 Å². The molecule has 1 aromatic heterocycles. The molecule has 92 valence electrons. The van der Waals surface area contributed by atoms with Crippen LogP contribution in [0, 0.1) is 0 Å². The lowest BCUT2D eigenvalue weighted by atomic mass is 9.80. The number of aromatic nitrogens is 1. The Labute approximate surface area is 119 Å². The Kier molecular flexibility index (Phi) is 4.83. The monoisotopic (exact) mass is 323 g/mol. The van der Waals surface area contributed by atoms with Gasteiger partial charge in [0.25, 0.3) is 0 Å². The summed E-state index contributed by atoms with van der Waals surface area (Å²) in [6.45, 7) is 0. The number of nitrogens with zero attached hydrogens (tertiary/aromatic N) is 1. The second-order valence-electron chi connectivity index (χ2n) is 3.70. The average Bonchev–Trinajstić information content (AvgIpc) is 2.38. The van der Waals surface area contributed by atoms with Crippen LogP contribution in [0.15, 0.2) is 52.1 Å². The first kappa shape index (κ1) is 13.6. The third-order valence-electron chi connectivity index (χ3n) is 2.35. The van der Waals surface area contributed by atoms with Crippen molar-refractivity contribution in [2.75, 3.05) is 0 Å². The number of rotatable bonds is 4. The van der Waals surface area contributed by atoms with Gasteiger partial charge >= 0.3 is 7.12 Å². The summed E-state index contributed by atoms with van der Waals surface area (Å²) in [5.74, 6) is 0.732. The van der Waals surface area contributed by atoms with Crippen LogP contribution in [0.3, 0.4) is 0 Å². The van der Waals surface area contributed by atoms with E-state index in [0.717, 1.165) is 20.8 Å². The fourth-order valence-electron chi connectivity index (χ4n) is 1.47. The number of pyridine rings is 1. The van der Waals surface area contributed by atoms with Crippen LogP contribution in [0.4, 0.5) is 0 Å². The van der Waals surface area contributed by atoms with Crippen LogP contribution < -0.4 is 5.46 Å². The molecule has 0 fully saturated rings. The summed E-state index contributed by atoms with van der Waals surface area (Å²) in [6.07, 6.45) is 1.75. The quantitative estimate of drug-likeness (QED) is 0.665. The van der Waals surface area contributed by atoms with Crippen LogP contribution in [0.2, 0.25) is 0 Å². The largest absolute Gasteiger partial charge is 0.488 e. The van der Waals surface area contributed by atoms with E-state index in [2.05, 4.69) is 20.9 Å². The van der Waals surface area contributed by atoms with E-state index in [1.54, 1.807) is 30.1 Å². The number of thioether (sulfide) groups is 1. The van der Waals surface area contributed by atoms with Gasteiger partial charge in [-0.05, 0) is 39.1 Å². The summed E-state index contributed by atoms with van der Waals surface area (Å²) in [7, 11) is -1.42. The Morgan fingerprint density at radius 3 is 2.78 bits per heavy atom. The predicted octanol–water partition coefficient (Wildman–Crippen LogP) is 1.82. The van der Waals surface area contributed by atoms with Crippen LogP contribution >= 0.6 is 27.7 Å². The molecule has 0 aliphatic heterocycles. The van der Waals surface area contributed by atoms with Gasteiger partial charge in [0, 0.05) is 16.4 Å². The molecular weight excluding hydrogens is 313 g/mol. The number of hydrogen-bond donors (Lipinski definition) is 2. The normalized spacial score (nSPS) is 10.4. The van der Waals surface area contributed by atoms with Gasteiger partial charge in [0.05, 0.1) is 0 Å². The summed E-state index contributed by atoms with van der Waals surface area (Å²) in [5.41, 5.74) is 1.54. The highest BCUT2D eigenvalue weighted by atomic mass is 79.9. The summed E-state index contributed by atoms with van der Waals surface area (Å²) < 4.78 is 0.966. The number of hydrogen-bond acceptors (Lipinski definition) is 4. The maximum absolute atomic E-state index is 9.11. The molecule has 3 nitrogen and oxygen atoms in total. The number of halogens is 1. The van der Waals surface area contributed by atoms with Crippen LogP contribution in [-0.4, -0.2) is 22.2 Å². The summed E-state index contributed by atoms with van der Waals surface area (Å²) in [6, 6.07) is 11.1. The minimum Gasteiger partial charge on any atom is -0.423 e. The standard InChI is InChI=1S/C12H11BBrNO2S/c14-11-5-2-6-15-12(11)18-8-9-3-1-4-10(7-9)13(16)17/h1-7,16-17H,8H2. The molecule has 1 aromatic carbocycles. The molecule has 0 aliphatic rings. The molecule has 0 atom stereocenters. The molecule has 0 unspecified atom stereocenters. The van der Waals surface area contributed by atoms with Gasteiger partial charge in [0.1, 0.15) is 5.03 Å². The Balaban J connectivity index is 2.07. The van der Waals surface area contributed by atoms with Crippen molar-refractivity contribution in [3.63, 3.8) is 0 Å². The topological polar surface area (TPSA) is 53.4 Å². The van der Waals surface area contributed by atoms with E-state index in [9.17, 15) is 0 Å². The molecule has 0 aliphatic carbocycles. The Morgan fingerprint density at radius 2 is 2.06 bits per heavy atom. The third-order valence-corrected chi connectivity index (χ3v) is 4.33. The zero-order valence-corrected chi connectivity index (χ0v) is 11.9. The lowest BCUT2D eigenvalue weighted by molar-refractivity contribution is 0.425. The minimum atomic E-state index is -1.42. The molecule has 0 saturated carbocycles. The fourth-order valence-corrected chi connectivity index (χ4v) is 2.90. The SMILES string of the molecule is OB(O)c1cccc(CSc2ncccc2Br)c1. The van der Waals surface area contributed by atoms with E-state index in [-0.39, 0.29) is 0 Å². The van der Waals surface area contributed by atoms with Gasteiger partial charge in [-0.2, -0.15) is 0 Å². The maximum atomic E-state index is 9.11. The van der Waals surface area contributed by atoms with Gasteiger partial charge in [-0.25, -0.2) is 4.98 Å². The molecule has 0 radical (unpaired) electrons. The molecule has 6 heteroatoms. The Bertz CT molecular complexity index is 539. The fraction of sp³-hybridized carbons (Fsp3) is 0.0833. The second-order valence-corrected chi connectivity index (χ2v) is 5.52. The number of benzene rings is 1. The third kappa shape index (κ3) is 3.59. The van der Waals surface area contributed by atoms with E-state index in [1.807, 2.05) is 24.3 Å². The minimum absolute atomic E-state index is 0.508. The Morgan fingerprint density at radius 1 is 1.22 bits per heavy atom. The first-order chi connectivity index (χ1) is 8.66. The molecule has 0 bridgehead atoms. The lowest BCUT2D eigenvalue weighted by Crippen LogP contribution is -2.29. The second kappa shape index (κ2) is 6.38. The van der Waals surface area contributed by atoms with Crippen molar-refractivity contribution in [1.82, 2.24) is 4.98 Å². The Hall–Kier alpha value is -0.815. The van der Waals surface area contributed by atoms with E-state index < -0.39 is 7.12 Å². The van der Waals surface area contributed by atoms with Crippen molar-refractivity contribution in [3.8, 4) is 0 Å². The molecule has 2 N–H and O–H groups in total. The van der Waals surface area contributed by atoms with Crippen molar-refractivity contribution in [2.45, 2.75) is 10.8 Å². The van der Waals surface area contributed by atoms with Gasteiger partial charge < -0.3 is 10.0 Å². The van der Waals surface area contributed by atoms with Crippen LogP contribution in [-0.2, 0) is 5.75 Å². The molecule has 2 aromatic rings. The van der Waals surface area contributed by atoms with Crippen LogP contribution in [0.25, 0.3) is 0 Å². The van der Waals surface area contributed by atoms with Gasteiger partial charge in [0.15, 0.2) is 0 Å². The van der Waals surface area contributed by atoms with Crippen molar-refractivity contribution in [1.29, 1.82) is 0 Å². The molecular formula is C12H11BBrNO2S. The molecule has 18 heavy (non-hydrogen) atoms. The molecule has 2 rings (SSSR count). The maximum Gasteiger partial charge on any atom is 0.488 e. The van der Waals surface area contributed by atoms with Crippen molar-refractivity contribution in [3.05, 3.63) is 52.6 Å². The lowest BCUT2D eigenvalue weighted by Gasteiger charge is -2.05. The summed E-state index contributed by atoms with van der Waals surface area (Å²) in [5, 5.41) is 19.1. The highest BCUT2D eigenvalue weighted by Crippen LogP contribution is 2.27. The highest BCUT2D eigenvalue weighted by molar-refractivity contribution is 9.10. The van der Waals surface area contributed by atoms with Crippen LogP contribution in [0.5, 0.6) is 0 Å².